The van der Waals surface area contributed by atoms with E-state index in [4.69, 9.17) is 6.85 Å². The first-order valence-corrected chi connectivity index (χ1v) is 10.9. The highest BCUT2D eigenvalue weighted by atomic mass is 19.1. The maximum absolute atomic E-state index is 15.7. The molecule has 6 rings (SSSR count). The molecule has 3 fully saturated rings. The van der Waals surface area contributed by atoms with Gasteiger partial charge in [-0.3, -0.25) is 0 Å². The van der Waals surface area contributed by atoms with Crippen LogP contribution in [0.15, 0.2) is 24.4 Å². The quantitative estimate of drug-likeness (QED) is 0.594. The lowest BCUT2D eigenvalue weighted by molar-refractivity contribution is 0.104. The molecule has 2 N–H and O–H groups in total. The molecule has 1 aliphatic carbocycles. The van der Waals surface area contributed by atoms with Crippen LogP contribution in [-0.4, -0.2) is 70.8 Å². The van der Waals surface area contributed by atoms with Gasteiger partial charge in [-0.25, -0.2) is 9.37 Å². The van der Waals surface area contributed by atoms with E-state index in [1.807, 2.05) is 0 Å². The van der Waals surface area contributed by atoms with E-state index in [2.05, 4.69) is 35.9 Å². The fraction of sp³-hybridized carbons (Fsp3) is 0.545. The SMILES string of the molecule is [2H]C1([2H])C([2H])([2H])C1([2H])N(c1cnc(-c2ccc(-c3nnn(C)n3)cc2O)nn1)[C@@H]1C[C@H]2CCC[C@@H](N2)[C@@H]1F. The second-order valence-corrected chi connectivity index (χ2v) is 8.59. The van der Waals surface area contributed by atoms with Crippen molar-refractivity contribution in [3.63, 3.8) is 0 Å². The molecular formula is C22H26FN9O. The number of hydrogen-bond donors (Lipinski definition) is 2. The van der Waals surface area contributed by atoms with Crippen LogP contribution in [0.25, 0.3) is 22.8 Å². The van der Waals surface area contributed by atoms with E-state index in [0.717, 1.165) is 17.7 Å². The lowest BCUT2D eigenvalue weighted by Crippen LogP contribution is -2.62. The fourth-order valence-electron chi connectivity index (χ4n) is 4.79. The van der Waals surface area contributed by atoms with E-state index in [-0.39, 0.29) is 35.4 Å². The Hall–Kier alpha value is -3.21. The summed E-state index contributed by atoms with van der Waals surface area (Å²) < 4.78 is 57.5. The Morgan fingerprint density at radius 2 is 2.12 bits per heavy atom. The Balaban J connectivity index is 1.35. The molecule has 2 aliphatic heterocycles. The lowest BCUT2D eigenvalue weighted by Gasteiger charge is -2.47. The molecule has 3 aromatic rings. The molecular weight excluding hydrogens is 425 g/mol. The third-order valence-corrected chi connectivity index (χ3v) is 6.41. The van der Waals surface area contributed by atoms with Crippen LogP contribution in [0.3, 0.4) is 0 Å². The van der Waals surface area contributed by atoms with Gasteiger partial charge in [-0.2, -0.15) is 4.80 Å². The van der Waals surface area contributed by atoms with E-state index in [9.17, 15) is 5.11 Å². The van der Waals surface area contributed by atoms with Gasteiger partial charge in [0.2, 0.25) is 5.82 Å². The largest absolute Gasteiger partial charge is 0.507 e. The van der Waals surface area contributed by atoms with Crippen LogP contribution >= 0.6 is 0 Å². The van der Waals surface area contributed by atoms with Crippen molar-refractivity contribution < 1.29 is 16.4 Å². The fourth-order valence-corrected chi connectivity index (χ4v) is 4.79. The van der Waals surface area contributed by atoms with E-state index in [0.29, 0.717) is 17.8 Å². The van der Waals surface area contributed by atoms with Gasteiger partial charge in [0.05, 0.1) is 26.2 Å². The summed E-state index contributed by atoms with van der Waals surface area (Å²) in [6.45, 7) is 0. The minimum atomic E-state index is -2.57. The molecule has 172 valence electrons. The molecule has 4 heterocycles. The summed E-state index contributed by atoms with van der Waals surface area (Å²) in [5.41, 5.74) is 0.774. The number of piperidine rings is 2. The molecule has 0 unspecified atom stereocenters. The summed E-state index contributed by atoms with van der Waals surface area (Å²) in [4.78, 5) is 6.67. The Labute approximate surface area is 197 Å². The zero-order valence-corrected chi connectivity index (χ0v) is 17.9. The van der Waals surface area contributed by atoms with Crippen molar-refractivity contribution >= 4 is 5.82 Å². The van der Waals surface area contributed by atoms with Crippen LogP contribution in [0.1, 0.15) is 45.3 Å². The van der Waals surface area contributed by atoms with Crippen molar-refractivity contribution in [2.45, 2.75) is 68.7 Å². The van der Waals surface area contributed by atoms with Crippen LogP contribution in [-0.2, 0) is 7.05 Å². The summed E-state index contributed by atoms with van der Waals surface area (Å²) in [5, 5.41) is 33.9. The number of phenolic OH excluding ortho intramolecular Hbond substituents is 1. The molecule has 1 aromatic carbocycles. The van der Waals surface area contributed by atoms with Crippen LogP contribution in [0, 0.1) is 0 Å². The summed E-state index contributed by atoms with van der Waals surface area (Å²) in [5.74, 6) is 0.106. The number of anilines is 1. The third-order valence-electron chi connectivity index (χ3n) is 6.41. The van der Waals surface area contributed by atoms with Crippen molar-refractivity contribution in [1.29, 1.82) is 0 Å². The van der Waals surface area contributed by atoms with Crippen molar-refractivity contribution in [2.24, 2.45) is 7.05 Å². The first-order chi connectivity index (χ1) is 18.0. The Morgan fingerprint density at radius 3 is 2.82 bits per heavy atom. The van der Waals surface area contributed by atoms with Crippen molar-refractivity contribution in [3.8, 4) is 28.5 Å². The Kier molecular flexibility index (Phi) is 3.77. The zero-order valence-electron chi connectivity index (χ0n) is 22.9. The van der Waals surface area contributed by atoms with Crippen molar-refractivity contribution in [2.75, 3.05) is 4.90 Å². The number of halogens is 1. The number of rotatable bonds is 5. The monoisotopic (exact) mass is 456 g/mol. The number of alkyl halides is 1. The third kappa shape index (κ3) is 3.79. The second kappa shape index (κ2) is 7.98. The molecule has 0 spiro atoms. The molecule has 33 heavy (non-hydrogen) atoms. The standard InChI is InChI=1S/C22H26FN9O/c1-31-29-21(28-30-31)12-5-8-15(18(33)9-12)22-24-11-19(26-27-22)32(14-6-7-14)17-10-13-3-2-4-16(25-13)20(17)23/h5,8-9,11,13-14,16-17,20,25,33H,2-4,6-7,10H2,1H3/t13-,16-,17-,20+/m1/s1/i6D2,7D2,14D. The summed E-state index contributed by atoms with van der Waals surface area (Å²) in [6.07, 6.45) is -2.80. The lowest BCUT2D eigenvalue weighted by atomic mass is 9.82. The molecule has 11 heteroatoms. The maximum atomic E-state index is 15.7. The predicted octanol–water partition coefficient (Wildman–Crippen LogP) is 2.02. The molecule has 3 aliphatic rings. The average Bonchev–Trinajstić information content (AvgIpc) is 3.18. The van der Waals surface area contributed by atoms with Gasteiger partial charge < -0.3 is 15.3 Å². The van der Waals surface area contributed by atoms with Crippen LogP contribution < -0.4 is 10.2 Å². The molecule has 10 nitrogen and oxygen atoms in total. The second-order valence-electron chi connectivity index (χ2n) is 8.59. The van der Waals surface area contributed by atoms with E-state index < -0.39 is 37.0 Å². The number of nitrogens with zero attached hydrogens (tertiary/aromatic N) is 8. The molecule has 2 aromatic heterocycles. The van der Waals surface area contributed by atoms with Gasteiger partial charge >= 0.3 is 0 Å². The van der Waals surface area contributed by atoms with E-state index in [1.165, 1.54) is 17.1 Å². The van der Waals surface area contributed by atoms with Crippen LogP contribution in [0.2, 0.25) is 0 Å². The average molecular weight is 457 g/mol. The Morgan fingerprint density at radius 1 is 1.24 bits per heavy atom. The van der Waals surface area contributed by atoms with Gasteiger partial charge in [0.1, 0.15) is 11.9 Å². The minimum Gasteiger partial charge on any atom is -0.507 e. The first-order valence-electron chi connectivity index (χ1n) is 13.4. The number of nitrogens with one attached hydrogen (secondary N) is 1. The topological polar surface area (TPSA) is 118 Å². The predicted molar refractivity (Wildman–Crippen MR) is 118 cm³/mol. The number of benzene rings is 1. The number of fused-ring (bicyclic) bond motifs is 2. The number of aromatic nitrogens is 7. The number of tetrazole rings is 1. The van der Waals surface area contributed by atoms with Crippen LogP contribution in [0.4, 0.5) is 10.2 Å². The smallest absolute Gasteiger partial charge is 0.205 e. The van der Waals surface area contributed by atoms with Gasteiger partial charge in [-0.15, -0.1) is 20.4 Å². The summed E-state index contributed by atoms with van der Waals surface area (Å²) in [7, 11) is 1.62. The van der Waals surface area contributed by atoms with Crippen molar-refractivity contribution in [3.05, 3.63) is 24.4 Å². The molecule has 4 atom stereocenters. The van der Waals surface area contributed by atoms with Gasteiger partial charge in [0, 0.05) is 29.1 Å². The van der Waals surface area contributed by atoms with E-state index >= 15 is 4.39 Å². The maximum Gasteiger partial charge on any atom is 0.205 e. The van der Waals surface area contributed by atoms with E-state index in [1.54, 1.807) is 19.2 Å². The molecule has 0 amide bonds. The number of phenols is 1. The highest BCUT2D eigenvalue weighted by Gasteiger charge is 2.46. The number of hydrogen-bond acceptors (Lipinski definition) is 9. The van der Waals surface area contributed by atoms with Crippen LogP contribution in [0.5, 0.6) is 5.75 Å². The van der Waals surface area contributed by atoms with Gasteiger partial charge in [-0.05, 0) is 49.4 Å². The molecule has 2 saturated heterocycles. The molecule has 2 bridgehead atoms. The summed E-state index contributed by atoms with van der Waals surface area (Å²) in [6, 6.07) is 0.773. The Bertz CT molecular complexity index is 1360. The minimum absolute atomic E-state index is 0.0215. The van der Waals surface area contributed by atoms with Crippen molar-refractivity contribution in [1.82, 2.24) is 40.7 Å². The highest BCUT2D eigenvalue weighted by Crippen LogP contribution is 2.39. The highest BCUT2D eigenvalue weighted by molar-refractivity contribution is 5.70. The molecule has 0 radical (unpaired) electrons. The summed E-state index contributed by atoms with van der Waals surface area (Å²) >= 11 is 0. The normalized spacial score (nSPS) is 33.1. The molecule has 1 saturated carbocycles. The van der Waals surface area contributed by atoms with Gasteiger partial charge in [0.15, 0.2) is 11.6 Å². The first kappa shape index (κ1) is 15.6. The van der Waals surface area contributed by atoms with Gasteiger partial charge in [0.25, 0.3) is 0 Å². The zero-order chi connectivity index (χ0) is 27.0. The van der Waals surface area contributed by atoms with Gasteiger partial charge in [-0.1, -0.05) is 12.5 Å². The number of aromatic hydroxyl groups is 1. The number of aryl methyl sites for hydroxylation is 1.